The molecule has 0 aliphatic heterocycles. The predicted octanol–water partition coefficient (Wildman–Crippen LogP) is 4.01. The summed E-state index contributed by atoms with van der Waals surface area (Å²) in [6.07, 6.45) is 5.89. The van der Waals surface area contributed by atoms with Crippen molar-refractivity contribution in [3.05, 3.63) is 60.6 Å². The van der Waals surface area contributed by atoms with Crippen molar-refractivity contribution in [2.24, 2.45) is 0 Å². The second kappa shape index (κ2) is 6.20. The molecule has 0 aliphatic rings. The molecule has 0 unspecified atom stereocenters. The molecule has 0 saturated heterocycles. The van der Waals surface area contributed by atoms with E-state index in [4.69, 9.17) is 0 Å². The minimum absolute atomic E-state index is 0.0358. The lowest BCUT2D eigenvalue weighted by Crippen LogP contribution is -2.11. The molecule has 0 aliphatic carbocycles. The average Bonchev–Trinajstić information content (AvgIpc) is 3.21. The molecule has 2 aromatic heterocycles. The van der Waals surface area contributed by atoms with Crippen LogP contribution in [0.1, 0.15) is 18.4 Å². The molecule has 2 heterocycles. The van der Waals surface area contributed by atoms with Crippen LogP contribution in [0.4, 0.5) is 5.69 Å². The number of imidazole rings is 1. The van der Waals surface area contributed by atoms with Crippen molar-refractivity contribution in [1.82, 2.24) is 15.0 Å². The molecule has 5 heteroatoms. The second-order valence-electron chi connectivity index (χ2n) is 5.90. The number of para-hydroxylation sites is 1. The van der Waals surface area contributed by atoms with Crippen molar-refractivity contribution in [2.75, 3.05) is 5.32 Å². The first-order chi connectivity index (χ1) is 11.8. The van der Waals surface area contributed by atoms with Gasteiger partial charge in [-0.3, -0.25) is 4.79 Å². The number of nitrogens with zero attached hydrogens (tertiary/aromatic N) is 1. The number of hydrogen-bond acceptors (Lipinski definition) is 2. The molecule has 4 rings (SSSR count). The van der Waals surface area contributed by atoms with E-state index in [1.54, 1.807) is 6.33 Å². The van der Waals surface area contributed by atoms with E-state index in [0.717, 1.165) is 35.1 Å². The first-order valence-corrected chi connectivity index (χ1v) is 8.07. The van der Waals surface area contributed by atoms with E-state index >= 15 is 0 Å². The number of aryl methyl sites for hydroxylation is 1. The van der Waals surface area contributed by atoms with Crippen LogP contribution in [0.5, 0.6) is 0 Å². The van der Waals surface area contributed by atoms with Crippen LogP contribution in [-0.2, 0) is 11.2 Å². The van der Waals surface area contributed by atoms with Crippen LogP contribution < -0.4 is 5.32 Å². The van der Waals surface area contributed by atoms with Gasteiger partial charge in [0.05, 0.1) is 17.4 Å². The number of rotatable bonds is 5. The van der Waals surface area contributed by atoms with Gasteiger partial charge in [0.2, 0.25) is 5.91 Å². The normalized spacial score (nSPS) is 11.2. The van der Waals surface area contributed by atoms with Crippen LogP contribution in [0.25, 0.3) is 21.9 Å². The highest BCUT2D eigenvalue weighted by Gasteiger charge is 2.06. The number of amides is 1. The molecule has 0 atom stereocenters. The number of hydrogen-bond donors (Lipinski definition) is 3. The highest BCUT2D eigenvalue weighted by molar-refractivity contribution is 5.93. The molecule has 0 radical (unpaired) electrons. The van der Waals surface area contributed by atoms with Gasteiger partial charge >= 0.3 is 0 Å². The quantitative estimate of drug-likeness (QED) is 0.520. The van der Waals surface area contributed by atoms with Crippen molar-refractivity contribution in [2.45, 2.75) is 19.3 Å². The van der Waals surface area contributed by atoms with Crippen molar-refractivity contribution >= 4 is 33.5 Å². The Morgan fingerprint density at radius 1 is 1.08 bits per heavy atom. The molecular weight excluding hydrogens is 300 g/mol. The number of carbonyl (C=O) groups is 1. The maximum absolute atomic E-state index is 12.1. The van der Waals surface area contributed by atoms with Crippen LogP contribution in [0.2, 0.25) is 0 Å². The molecule has 3 N–H and O–H groups in total. The molecule has 0 fully saturated rings. The van der Waals surface area contributed by atoms with Crippen molar-refractivity contribution in [3.8, 4) is 0 Å². The number of aromatic amines is 2. The third kappa shape index (κ3) is 2.88. The molecule has 0 saturated carbocycles. The summed E-state index contributed by atoms with van der Waals surface area (Å²) in [5.74, 6) is 0.0358. The number of benzene rings is 2. The maximum Gasteiger partial charge on any atom is 0.224 e. The van der Waals surface area contributed by atoms with Gasteiger partial charge in [0.15, 0.2) is 0 Å². The maximum atomic E-state index is 12.1. The molecule has 24 heavy (non-hydrogen) atoms. The number of aromatic nitrogens is 3. The Morgan fingerprint density at radius 2 is 2.00 bits per heavy atom. The minimum atomic E-state index is 0.0358. The fraction of sp³-hybridized carbons (Fsp3) is 0.158. The average molecular weight is 318 g/mol. The van der Waals surface area contributed by atoms with E-state index in [-0.39, 0.29) is 5.91 Å². The number of nitrogens with one attached hydrogen (secondary N) is 3. The highest BCUT2D eigenvalue weighted by Crippen LogP contribution is 2.20. The Bertz CT molecular complexity index is 999. The summed E-state index contributed by atoms with van der Waals surface area (Å²) in [7, 11) is 0. The van der Waals surface area contributed by atoms with Crippen molar-refractivity contribution < 1.29 is 4.79 Å². The van der Waals surface area contributed by atoms with Gasteiger partial charge in [0.1, 0.15) is 0 Å². The number of anilines is 1. The van der Waals surface area contributed by atoms with Gasteiger partial charge in [-0.25, -0.2) is 4.98 Å². The van der Waals surface area contributed by atoms with E-state index in [2.05, 4.69) is 32.4 Å². The van der Waals surface area contributed by atoms with Crippen molar-refractivity contribution in [1.29, 1.82) is 0 Å². The molecule has 0 bridgehead atoms. The Labute approximate surface area is 139 Å². The van der Waals surface area contributed by atoms with Gasteiger partial charge in [-0.15, -0.1) is 0 Å². The Hall–Kier alpha value is -3.08. The Morgan fingerprint density at radius 3 is 2.96 bits per heavy atom. The SMILES string of the molecule is O=C(CCCc1c[nH]c2ccccc12)Nc1ccc2nc[nH]c2c1. The van der Waals surface area contributed by atoms with Gasteiger partial charge in [0.25, 0.3) is 0 Å². The summed E-state index contributed by atoms with van der Waals surface area (Å²) < 4.78 is 0. The first-order valence-electron chi connectivity index (χ1n) is 8.07. The van der Waals surface area contributed by atoms with Crippen LogP contribution >= 0.6 is 0 Å². The number of H-pyrrole nitrogens is 2. The summed E-state index contributed by atoms with van der Waals surface area (Å²) in [5, 5.41) is 4.19. The van der Waals surface area contributed by atoms with Crippen LogP contribution in [0, 0.1) is 0 Å². The van der Waals surface area contributed by atoms with Gasteiger partial charge in [-0.1, -0.05) is 18.2 Å². The second-order valence-corrected chi connectivity index (χ2v) is 5.90. The van der Waals surface area contributed by atoms with Crippen LogP contribution in [-0.4, -0.2) is 20.9 Å². The van der Waals surface area contributed by atoms with Gasteiger partial charge in [-0.2, -0.15) is 0 Å². The number of fused-ring (bicyclic) bond motifs is 2. The fourth-order valence-electron chi connectivity index (χ4n) is 3.01. The molecule has 0 spiro atoms. The highest BCUT2D eigenvalue weighted by atomic mass is 16.1. The van der Waals surface area contributed by atoms with Gasteiger partial charge in [0, 0.05) is 29.2 Å². The van der Waals surface area contributed by atoms with Crippen LogP contribution in [0.15, 0.2) is 55.0 Å². The summed E-state index contributed by atoms with van der Waals surface area (Å²) in [5.41, 5.74) is 5.02. The predicted molar refractivity (Wildman–Crippen MR) is 96.0 cm³/mol. The summed E-state index contributed by atoms with van der Waals surface area (Å²) in [4.78, 5) is 22.6. The fourth-order valence-corrected chi connectivity index (χ4v) is 3.01. The lowest BCUT2D eigenvalue weighted by atomic mass is 10.1. The Balaban J connectivity index is 1.34. The molecule has 1 amide bonds. The lowest BCUT2D eigenvalue weighted by molar-refractivity contribution is -0.116. The van der Waals surface area contributed by atoms with Crippen molar-refractivity contribution in [3.63, 3.8) is 0 Å². The monoisotopic (exact) mass is 318 g/mol. The third-order valence-corrected chi connectivity index (χ3v) is 4.23. The van der Waals surface area contributed by atoms with E-state index in [1.807, 2.05) is 36.5 Å². The summed E-state index contributed by atoms with van der Waals surface area (Å²) in [6.45, 7) is 0. The zero-order chi connectivity index (χ0) is 16.4. The van der Waals surface area contributed by atoms with Gasteiger partial charge < -0.3 is 15.3 Å². The molecular formula is C19H18N4O. The van der Waals surface area contributed by atoms with E-state index in [9.17, 15) is 4.79 Å². The molecule has 4 aromatic rings. The topological polar surface area (TPSA) is 73.6 Å². The van der Waals surface area contributed by atoms with Gasteiger partial charge in [-0.05, 0) is 42.7 Å². The summed E-state index contributed by atoms with van der Waals surface area (Å²) >= 11 is 0. The molecule has 2 aromatic carbocycles. The number of carbonyl (C=O) groups excluding carboxylic acids is 1. The zero-order valence-electron chi connectivity index (χ0n) is 13.2. The van der Waals surface area contributed by atoms with E-state index < -0.39 is 0 Å². The van der Waals surface area contributed by atoms with E-state index in [0.29, 0.717) is 6.42 Å². The van der Waals surface area contributed by atoms with Crippen LogP contribution in [0.3, 0.4) is 0 Å². The largest absolute Gasteiger partial charge is 0.361 e. The smallest absolute Gasteiger partial charge is 0.224 e. The zero-order valence-corrected chi connectivity index (χ0v) is 13.2. The molecule has 120 valence electrons. The third-order valence-electron chi connectivity index (χ3n) is 4.23. The Kier molecular flexibility index (Phi) is 3.75. The first kappa shape index (κ1) is 14.5. The van der Waals surface area contributed by atoms with E-state index in [1.165, 1.54) is 10.9 Å². The lowest BCUT2D eigenvalue weighted by Gasteiger charge is -2.05. The minimum Gasteiger partial charge on any atom is -0.361 e. The standard InChI is InChI=1S/C19H18N4O/c24-19(23-14-8-9-17-18(10-14)22-12-21-17)7-3-4-13-11-20-16-6-2-1-5-15(13)16/h1-2,5-6,8-12,20H,3-4,7H2,(H,21,22)(H,23,24). The molecule has 5 nitrogen and oxygen atoms in total. The summed E-state index contributed by atoms with van der Waals surface area (Å²) in [6, 6.07) is 13.9.